The first-order valence-corrected chi connectivity index (χ1v) is 9.46. The van der Waals surface area contributed by atoms with Crippen molar-refractivity contribution in [3.05, 3.63) is 112 Å². The summed E-state index contributed by atoms with van der Waals surface area (Å²) in [5.74, 6) is -0.346. The average molecular weight is 401 g/mol. The number of nitro groups is 1. The van der Waals surface area contributed by atoms with Gasteiger partial charge in [0.05, 0.1) is 11.5 Å². The number of amides is 3. The molecule has 0 saturated carbocycles. The highest BCUT2D eigenvalue weighted by Crippen LogP contribution is 2.33. The Balaban J connectivity index is 1.67. The lowest BCUT2D eigenvalue weighted by atomic mass is 9.83. The molecule has 1 heterocycles. The fraction of sp³-hybridized carbons (Fsp3) is 0.130. The number of hydrogen-bond acceptors (Lipinski definition) is 4. The van der Waals surface area contributed by atoms with E-state index in [0.29, 0.717) is 17.5 Å². The molecule has 0 unspecified atom stereocenters. The zero-order valence-corrected chi connectivity index (χ0v) is 16.0. The summed E-state index contributed by atoms with van der Waals surface area (Å²) < 4.78 is 0. The van der Waals surface area contributed by atoms with Crippen LogP contribution in [0.3, 0.4) is 0 Å². The molecule has 4 rings (SSSR count). The Morgan fingerprint density at radius 2 is 1.43 bits per heavy atom. The number of urea groups is 1. The van der Waals surface area contributed by atoms with Crippen molar-refractivity contribution in [1.29, 1.82) is 0 Å². The van der Waals surface area contributed by atoms with Gasteiger partial charge in [-0.15, -0.1) is 0 Å². The second kappa shape index (κ2) is 7.79. The van der Waals surface area contributed by atoms with Gasteiger partial charge in [-0.05, 0) is 16.7 Å². The maximum Gasteiger partial charge on any atom is 0.325 e. The van der Waals surface area contributed by atoms with E-state index in [0.717, 1.165) is 10.5 Å². The highest BCUT2D eigenvalue weighted by Gasteiger charge is 2.52. The van der Waals surface area contributed by atoms with Crippen LogP contribution in [0, 0.1) is 10.1 Å². The summed E-state index contributed by atoms with van der Waals surface area (Å²) in [6.07, 6.45) is 0.319. The number of carbonyl (C=O) groups is 2. The van der Waals surface area contributed by atoms with Gasteiger partial charge < -0.3 is 5.32 Å². The van der Waals surface area contributed by atoms with E-state index in [1.165, 1.54) is 12.1 Å². The van der Waals surface area contributed by atoms with Crippen molar-refractivity contribution < 1.29 is 14.5 Å². The summed E-state index contributed by atoms with van der Waals surface area (Å²) in [4.78, 5) is 37.9. The van der Waals surface area contributed by atoms with E-state index in [1.807, 2.05) is 60.7 Å². The Morgan fingerprint density at radius 1 is 0.833 bits per heavy atom. The molecule has 0 aromatic heterocycles. The van der Waals surface area contributed by atoms with Crippen molar-refractivity contribution in [1.82, 2.24) is 10.2 Å². The van der Waals surface area contributed by atoms with E-state index >= 15 is 0 Å². The third-order valence-electron chi connectivity index (χ3n) is 5.24. The van der Waals surface area contributed by atoms with E-state index in [9.17, 15) is 19.7 Å². The molecule has 150 valence electrons. The van der Waals surface area contributed by atoms with Crippen molar-refractivity contribution in [3.8, 4) is 0 Å². The number of nitro benzene ring substituents is 1. The molecular weight excluding hydrogens is 382 g/mol. The fourth-order valence-corrected chi connectivity index (χ4v) is 3.72. The van der Waals surface area contributed by atoms with E-state index in [2.05, 4.69) is 5.32 Å². The van der Waals surface area contributed by atoms with Crippen LogP contribution in [-0.4, -0.2) is 21.8 Å². The van der Waals surface area contributed by atoms with Crippen molar-refractivity contribution >= 4 is 17.6 Å². The Morgan fingerprint density at radius 3 is 2.03 bits per heavy atom. The summed E-state index contributed by atoms with van der Waals surface area (Å²) in [5, 5.41) is 13.8. The average Bonchev–Trinajstić information content (AvgIpc) is 3.00. The van der Waals surface area contributed by atoms with Crippen LogP contribution >= 0.6 is 0 Å². The second-order valence-electron chi connectivity index (χ2n) is 7.18. The van der Waals surface area contributed by atoms with Crippen LogP contribution in [0.15, 0.2) is 84.9 Å². The zero-order valence-electron chi connectivity index (χ0n) is 16.0. The van der Waals surface area contributed by atoms with Crippen molar-refractivity contribution in [2.45, 2.75) is 18.5 Å². The summed E-state index contributed by atoms with van der Waals surface area (Å²) in [6, 6.07) is 24.1. The Kier molecular flexibility index (Phi) is 5.02. The molecule has 0 aliphatic carbocycles. The minimum atomic E-state index is -1.21. The number of nitrogens with zero attached hydrogens (tertiary/aromatic N) is 2. The summed E-state index contributed by atoms with van der Waals surface area (Å²) in [5.41, 5.74) is 1.01. The summed E-state index contributed by atoms with van der Waals surface area (Å²) in [7, 11) is 0. The van der Waals surface area contributed by atoms with Crippen LogP contribution in [0.25, 0.3) is 0 Å². The van der Waals surface area contributed by atoms with E-state index in [-0.39, 0.29) is 18.1 Å². The molecule has 3 aromatic carbocycles. The molecule has 3 aromatic rings. The van der Waals surface area contributed by atoms with Gasteiger partial charge in [-0.2, -0.15) is 0 Å². The topological polar surface area (TPSA) is 92.6 Å². The predicted octanol–water partition coefficient (Wildman–Crippen LogP) is 3.78. The third-order valence-corrected chi connectivity index (χ3v) is 5.24. The minimum absolute atomic E-state index is 0.0338. The smallest absolute Gasteiger partial charge is 0.319 e. The van der Waals surface area contributed by atoms with Crippen LogP contribution < -0.4 is 5.32 Å². The molecule has 3 amide bonds. The largest absolute Gasteiger partial charge is 0.325 e. The maximum absolute atomic E-state index is 13.6. The van der Waals surface area contributed by atoms with Gasteiger partial charge in [-0.25, -0.2) is 4.79 Å². The molecule has 0 spiro atoms. The molecule has 7 heteroatoms. The van der Waals surface area contributed by atoms with Crippen LogP contribution in [0.4, 0.5) is 10.5 Å². The highest BCUT2D eigenvalue weighted by atomic mass is 16.6. The number of carbonyl (C=O) groups excluding carboxylic acids is 2. The van der Waals surface area contributed by atoms with Crippen LogP contribution in [0.5, 0.6) is 0 Å². The normalized spacial score (nSPS) is 18.3. The zero-order chi connectivity index (χ0) is 21.1. The van der Waals surface area contributed by atoms with Gasteiger partial charge in [0, 0.05) is 18.6 Å². The standard InChI is InChI=1S/C23H19N3O4/c27-21-23(19-9-5-2-6-10-19,15-17-7-3-1-4-8-17)24-22(28)25(21)16-18-11-13-20(14-12-18)26(29)30/h1-14H,15-16H2,(H,24,28)/t23-/m1/s1. The van der Waals surface area contributed by atoms with Gasteiger partial charge in [-0.3, -0.25) is 19.8 Å². The van der Waals surface area contributed by atoms with Crippen LogP contribution in [0.2, 0.25) is 0 Å². The number of hydrogen-bond donors (Lipinski definition) is 1. The van der Waals surface area contributed by atoms with Gasteiger partial charge in [-0.1, -0.05) is 72.8 Å². The molecule has 1 aliphatic heterocycles. The van der Waals surface area contributed by atoms with Gasteiger partial charge in [0.1, 0.15) is 0 Å². The number of imide groups is 1. The van der Waals surface area contributed by atoms with E-state index < -0.39 is 16.5 Å². The number of nitrogens with one attached hydrogen (secondary N) is 1. The molecule has 1 aliphatic rings. The molecule has 7 nitrogen and oxygen atoms in total. The molecule has 1 N–H and O–H groups in total. The van der Waals surface area contributed by atoms with Gasteiger partial charge >= 0.3 is 6.03 Å². The number of rotatable bonds is 6. The first-order valence-electron chi connectivity index (χ1n) is 9.46. The lowest BCUT2D eigenvalue weighted by molar-refractivity contribution is -0.384. The lowest BCUT2D eigenvalue weighted by Gasteiger charge is -2.27. The molecule has 0 radical (unpaired) electrons. The molecule has 30 heavy (non-hydrogen) atoms. The quantitative estimate of drug-likeness (QED) is 0.386. The van der Waals surface area contributed by atoms with Gasteiger partial charge in [0.15, 0.2) is 5.54 Å². The first kappa shape index (κ1) is 19.3. The van der Waals surface area contributed by atoms with Crippen molar-refractivity contribution in [2.24, 2.45) is 0 Å². The monoisotopic (exact) mass is 401 g/mol. The van der Waals surface area contributed by atoms with Crippen molar-refractivity contribution in [3.63, 3.8) is 0 Å². The van der Waals surface area contributed by atoms with Crippen LogP contribution in [0.1, 0.15) is 16.7 Å². The minimum Gasteiger partial charge on any atom is -0.319 e. The number of benzene rings is 3. The Bertz CT molecular complexity index is 1080. The fourth-order valence-electron chi connectivity index (χ4n) is 3.72. The molecule has 0 bridgehead atoms. The molecular formula is C23H19N3O4. The molecule has 1 saturated heterocycles. The van der Waals surface area contributed by atoms with Crippen molar-refractivity contribution in [2.75, 3.05) is 0 Å². The SMILES string of the molecule is O=C1N[C@](Cc2ccccc2)(c2ccccc2)C(=O)N1Cc1ccc([N+](=O)[O-])cc1. The second-order valence-corrected chi connectivity index (χ2v) is 7.18. The Hall–Kier alpha value is -4.00. The third kappa shape index (κ3) is 3.53. The van der Waals surface area contributed by atoms with Gasteiger partial charge in [0.25, 0.3) is 11.6 Å². The number of non-ortho nitro benzene ring substituents is 1. The van der Waals surface area contributed by atoms with Crippen LogP contribution in [-0.2, 0) is 23.3 Å². The predicted molar refractivity (Wildman–Crippen MR) is 110 cm³/mol. The lowest BCUT2D eigenvalue weighted by Crippen LogP contribution is -2.46. The Labute approximate surface area is 173 Å². The summed E-state index contributed by atoms with van der Waals surface area (Å²) >= 11 is 0. The highest BCUT2D eigenvalue weighted by molar-refractivity contribution is 6.07. The van der Waals surface area contributed by atoms with E-state index in [4.69, 9.17) is 0 Å². The van der Waals surface area contributed by atoms with Gasteiger partial charge in [0.2, 0.25) is 0 Å². The first-order chi connectivity index (χ1) is 14.5. The van der Waals surface area contributed by atoms with E-state index in [1.54, 1.807) is 12.1 Å². The molecule has 1 fully saturated rings. The maximum atomic E-state index is 13.6. The summed E-state index contributed by atoms with van der Waals surface area (Å²) in [6.45, 7) is 0.0338. The molecule has 1 atom stereocenters.